The summed E-state index contributed by atoms with van der Waals surface area (Å²) >= 11 is 0. The summed E-state index contributed by atoms with van der Waals surface area (Å²) in [6.45, 7) is 2.58. The number of hydrogen-bond donors (Lipinski definition) is 0. The molecule has 0 spiro atoms. The van der Waals surface area contributed by atoms with Gasteiger partial charge in [0, 0.05) is 62.1 Å². The van der Waals surface area contributed by atoms with Crippen molar-refractivity contribution >= 4 is 10.9 Å². The lowest BCUT2D eigenvalue weighted by molar-refractivity contribution is 0.532. The van der Waals surface area contributed by atoms with Crippen LogP contribution in [0.25, 0.3) is 10.9 Å². The normalized spacial score (nSPS) is 11.5. The highest BCUT2D eigenvalue weighted by atomic mass is 15.1. The van der Waals surface area contributed by atoms with Crippen molar-refractivity contribution in [2.24, 2.45) is 0 Å². The molecule has 0 aliphatic rings. The number of fused-ring (bicyclic) bond motifs is 1. The Labute approximate surface area is 134 Å². The molecule has 23 heavy (non-hydrogen) atoms. The second kappa shape index (κ2) is 6.12. The van der Waals surface area contributed by atoms with Crippen LogP contribution in [0, 0.1) is 5.92 Å². The molecule has 4 rings (SSSR count). The molecule has 0 unspecified atom stereocenters. The first-order valence-electron chi connectivity index (χ1n) is 7.67. The third-order valence-electron chi connectivity index (χ3n) is 4.00. The topological polar surface area (TPSA) is 40.6 Å². The summed E-state index contributed by atoms with van der Waals surface area (Å²) in [4.78, 5) is 8.29. The van der Waals surface area contributed by atoms with Gasteiger partial charge in [-0.05, 0) is 17.5 Å². The molecule has 0 atom stereocenters. The molecule has 4 aromatic rings. The van der Waals surface area contributed by atoms with Gasteiger partial charge in [-0.15, -0.1) is 0 Å². The van der Waals surface area contributed by atoms with Crippen molar-refractivity contribution in [2.45, 2.75) is 19.6 Å². The third-order valence-corrected chi connectivity index (χ3v) is 4.00. The van der Waals surface area contributed by atoms with Crippen molar-refractivity contribution in [3.8, 4) is 0 Å². The molecule has 115 valence electrons. The maximum Gasteiger partial charge on any atom is 0.0946 e. The van der Waals surface area contributed by atoms with Gasteiger partial charge in [-0.2, -0.15) is 0 Å². The number of aromatic nitrogens is 5. The molecular formula is C18H18N5. The van der Waals surface area contributed by atoms with Crippen LogP contribution in [0.4, 0.5) is 0 Å². The van der Waals surface area contributed by atoms with Gasteiger partial charge in [0.05, 0.1) is 12.7 Å². The molecule has 1 radical (unpaired) electrons. The van der Waals surface area contributed by atoms with Crippen LogP contribution in [0.5, 0.6) is 0 Å². The fraction of sp³-hybridized carbons (Fsp3) is 0.167. The lowest BCUT2D eigenvalue weighted by Gasteiger charge is -2.19. The van der Waals surface area contributed by atoms with E-state index in [-0.39, 0.29) is 0 Å². The lowest BCUT2D eigenvalue weighted by atomic mass is 10.1. The Balaban J connectivity index is 1.59. The molecule has 3 heterocycles. The molecule has 5 heteroatoms. The van der Waals surface area contributed by atoms with Crippen LogP contribution in [0.2, 0.25) is 0 Å². The molecule has 0 aliphatic heterocycles. The molecule has 0 bridgehead atoms. The first-order chi connectivity index (χ1) is 11.4. The van der Waals surface area contributed by atoms with Gasteiger partial charge < -0.3 is 13.7 Å². The Bertz CT molecular complexity index is 822. The minimum atomic E-state index is 0.852. The zero-order chi connectivity index (χ0) is 15.5. The van der Waals surface area contributed by atoms with E-state index in [9.17, 15) is 0 Å². The second-order valence-electron chi connectivity index (χ2n) is 5.72. The van der Waals surface area contributed by atoms with Crippen molar-refractivity contribution in [3.05, 3.63) is 79.9 Å². The average molecular weight is 304 g/mol. The highest BCUT2D eigenvalue weighted by Gasteiger charge is 2.13. The van der Waals surface area contributed by atoms with Crippen LogP contribution in [0.3, 0.4) is 0 Å². The van der Waals surface area contributed by atoms with Crippen molar-refractivity contribution in [3.63, 3.8) is 0 Å². The monoisotopic (exact) mass is 304 g/mol. The van der Waals surface area contributed by atoms with Crippen molar-refractivity contribution in [2.75, 3.05) is 0 Å². The zero-order valence-corrected chi connectivity index (χ0v) is 12.8. The highest BCUT2D eigenvalue weighted by molar-refractivity contribution is 5.79. The Morgan fingerprint density at radius 2 is 1.48 bits per heavy atom. The fourth-order valence-electron chi connectivity index (χ4n) is 2.95. The SMILES string of the molecule is c1ccc2c(c1)ccn2C[C](Cn1ccnc1)Cn1ccnc1. The average Bonchev–Trinajstić information content (AvgIpc) is 3.30. The van der Waals surface area contributed by atoms with E-state index < -0.39 is 0 Å². The van der Waals surface area contributed by atoms with E-state index in [0.29, 0.717) is 0 Å². The Morgan fingerprint density at radius 3 is 2.13 bits per heavy atom. The van der Waals surface area contributed by atoms with Crippen molar-refractivity contribution in [1.82, 2.24) is 23.7 Å². The summed E-state index contributed by atoms with van der Waals surface area (Å²) in [6, 6.07) is 10.7. The number of hydrogen-bond acceptors (Lipinski definition) is 2. The zero-order valence-electron chi connectivity index (χ0n) is 12.8. The van der Waals surface area contributed by atoms with Gasteiger partial charge in [0.15, 0.2) is 0 Å². The number of rotatable bonds is 6. The number of imidazole rings is 2. The van der Waals surface area contributed by atoms with Crippen molar-refractivity contribution in [1.29, 1.82) is 0 Å². The summed E-state index contributed by atoms with van der Waals surface area (Å²) in [7, 11) is 0. The molecule has 0 fully saturated rings. The van der Waals surface area contributed by atoms with Crippen LogP contribution >= 0.6 is 0 Å². The van der Waals surface area contributed by atoms with Gasteiger partial charge in [0.25, 0.3) is 0 Å². The Kier molecular flexibility index (Phi) is 3.68. The standard InChI is InChI=1S/C18H18N5/c1-2-4-18-17(3-1)5-8-23(18)13-16(11-21-9-6-19-14-21)12-22-10-7-20-15-22/h1-10,14-15H,11-13H2. The van der Waals surface area contributed by atoms with E-state index in [2.05, 4.69) is 60.2 Å². The summed E-state index contributed by atoms with van der Waals surface area (Å²) in [5.74, 6) is 1.39. The summed E-state index contributed by atoms with van der Waals surface area (Å²) in [5.41, 5.74) is 1.27. The van der Waals surface area contributed by atoms with Gasteiger partial charge in [-0.3, -0.25) is 0 Å². The minimum Gasteiger partial charge on any atom is -0.347 e. The van der Waals surface area contributed by atoms with E-state index in [1.165, 1.54) is 16.8 Å². The molecule has 5 nitrogen and oxygen atoms in total. The Hall–Kier alpha value is -2.82. The molecule has 0 saturated carbocycles. The molecule has 0 N–H and O–H groups in total. The predicted octanol–water partition coefficient (Wildman–Crippen LogP) is 3.01. The van der Waals surface area contributed by atoms with Gasteiger partial charge >= 0.3 is 0 Å². The van der Waals surface area contributed by atoms with E-state index in [4.69, 9.17) is 0 Å². The Morgan fingerprint density at radius 1 is 0.783 bits per heavy atom. The quantitative estimate of drug-likeness (QED) is 0.549. The maximum atomic E-state index is 4.14. The number of para-hydroxylation sites is 1. The maximum absolute atomic E-state index is 4.14. The van der Waals surface area contributed by atoms with Crippen LogP contribution in [0.15, 0.2) is 74.0 Å². The van der Waals surface area contributed by atoms with Gasteiger partial charge in [-0.1, -0.05) is 18.2 Å². The third kappa shape index (κ3) is 3.04. The number of benzene rings is 1. The molecule has 0 amide bonds. The van der Waals surface area contributed by atoms with Gasteiger partial charge in [0.1, 0.15) is 0 Å². The minimum absolute atomic E-state index is 0.852. The fourth-order valence-corrected chi connectivity index (χ4v) is 2.95. The largest absolute Gasteiger partial charge is 0.347 e. The molecule has 0 aliphatic carbocycles. The van der Waals surface area contributed by atoms with Gasteiger partial charge in [0.2, 0.25) is 0 Å². The van der Waals surface area contributed by atoms with Crippen LogP contribution in [0.1, 0.15) is 0 Å². The van der Waals surface area contributed by atoms with Crippen LogP contribution < -0.4 is 0 Å². The molecular weight excluding hydrogens is 286 g/mol. The molecule has 0 saturated heterocycles. The van der Waals surface area contributed by atoms with Gasteiger partial charge in [-0.25, -0.2) is 9.97 Å². The molecule has 1 aromatic carbocycles. The summed E-state index contributed by atoms with van der Waals surface area (Å²) in [6.07, 6.45) is 13.5. The van der Waals surface area contributed by atoms with E-state index >= 15 is 0 Å². The highest BCUT2D eigenvalue weighted by Crippen LogP contribution is 2.19. The van der Waals surface area contributed by atoms with Crippen molar-refractivity contribution < 1.29 is 0 Å². The first-order valence-corrected chi connectivity index (χ1v) is 7.67. The van der Waals surface area contributed by atoms with E-state index in [1.54, 1.807) is 0 Å². The first kappa shape index (κ1) is 13.8. The smallest absolute Gasteiger partial charge is 0.0946 e. The number of nitrogens with zero attached hydrogens (tertiary/aromatic N) is 5. The summed E-state index contributed by atoms with van der Waals surface area (Å²) in [5, 5.41) is 1.28. The van der Waals surface area contributed by atoms with E-state index in [1.807, 2.05) is 37.4 Å². The van der Waals surface area contributed by atoms with Crippen LogP contribution in [-0.4, -0.2) is 23.7 Å². The molecule has 3 aromatic heterocycles. The summed E-state index contributed by atoms with van der Waals surface area (Å²) < 4.78 is 6.52. The second-order valence-corrected chi connectivity index (χ2v) is 5.72. The lowest BCUT2D eigenvalue weighted by Crippen LogP contribution is -2.19. The van der Waals surface area contributed by atoms with Crippen LogP contribution in [-0.2, 0) is 19.6 Å². The van der Waals surface area contributed by atoms with E-state index in [0.717, 1.165) is 19.6 Å². The predicted molar refractivity (Wildman–Crippen MR) is 89.6 cm³/mol.